The Bertz CT molecular complexity index is 1290. The summed E-state index contributed by atoms with van der Waals surface area (Å²) in [7, 11) is 0. The monoisotopic (exact) mass is 414 g/mol. The van der Waals surface area contributed by atoms with E-state index in [1.165, 1.54) is 12.8 Å². The Balaban J connectivity index is 1.40. The second-order valence-corrected chi connectivity index (χ2v) is 7.81. The lowest BCUT2D eigenvalue weighted by atomic mass is 10.1. The van der Waals surface area contributed by atoms with E-state index < -0.39 is 11.5 Å². The largest absolute Gasteiger partial charge is 0.422 e. The SMILES string of the molecule is O=C(NCc1cc(-c2ccncc2)n(C2CCCC2)n1)c1cc2ccccc2oc1=O. The average Bonchev–Trinajstić information content (AvgIpc) is 3.47. The van der Waals surface area contributed by atoms with E-state index >= 15 is 0 Å². The van der Waals surface area contributed by atoms with Crippen molar-refractivity contribution < 1.29 is 9.21 Å². The highest BCUT2D eigenvalue weighted by Crippen LogP contribution is 2.33. The van der Waals surface area contributed by atoms with Crippen molar-refractivity contribution in [1.82, 2.24) is 20.1 Å². The van der Waals surface area contributed by atoms with Crippen molar-refractivity contribution in [2.45, 2.75) is 38.3 Å². The smallest absolute Gasteiger partial charge is 0.349 e. The number of pyridine rings is 1. The van der Waals surface area contributed by atoms with E-state index in [1.807, 2.05) is 24.3 Å². The fourth-order valence-corrected chi connectivity index (χ4v) is 4.18. The van der Waals surface area contributed by atoms with Crippen molar-refractivity contribution >= 4 is 16.9 Å². The van der Waals surface area contributed by atoms with Gasteiger partial charge in [-0.15, -0.1) is 0 Å². The van der Waals surface area contributed by atoms with E-state index in [4.69, 9.17) is 9.52 Å². The van der Waals surface area contributed by atoms with Gasteiger partial charge in [-0.2, -0.15) is 5.10 Å². The summed E-state index contributed by atoms with van der Waals surface area (Å²) >= 11 is 0. The lowest BCUT2D eigenvalue weighted by Crippen LogP contribution is -2.28. The van der Waals surface area contributed by atoms with Gasteiger partial charge in [-0.1, -0.05) is 31.0 Å². The first-order chi connectivity index (χ1) is 15.2. The molecule has 0 saturated heterocycles. The number of para-hydroxylation sites is 1. The molecule has 0 unspecified atom stereocenters. The molecule has 7 nitrogen and oxygen atoms in total. The number of rotatable bonds is 5. The van der Waals surface area contributed by atoms with Crippen LogP contribution < -0.4 is 10.9 Å². The van der Waals surface area contributed by atoms with Gasteiger partial charge in [0.05, 0.1) is 24.0 Å². The van der Waals surface area contributed by atoms with Crippen molar-refractivity contribution in [3.63, 3.8) is 0 Å². The molecule has 5 rings (SSSR count). The molecule has 0 atom stereocenters. The van der Waals surface area contributed by atoms with Crippen LogP contribution in [0.25, 0.3) is 22.2 Å². The number of fused-ring (bicyclic) bond motifs is 1. The minimum absolute atomic E-state index is 0.0108. The summed E-state index contributed by atoms with van der Waals surface area (Å²) < 4.78 is 7.35. The molecule has 0 bridgehead atoms. The van der Waals surface area contributed by atoms with Crippen LogP contribution in [0.2, 0.25) is 0 Å². The van der Waals surface area contributed by atoms with Gasteiger partial charge >= 0.3 is 5.63 Å². The second-order valence-electron chi connectivity index (χ2n) is 7.81. The molecule has 156 valence electrons. The summed E-state index contributed by atoms with van der Waals surface area (Å²) in [6.45, 7) is 0.225. The molecule has 31 heavy (non-hydrogen) atoms. The Morgan fingerprint density at radius 3 is 2.68 bits per heavy atom. The van der Waals surface area contributed by atoms with Crippen molar-refractivity contribution in [1.29, 1.82) is 0 Å². The van der Waals surface area contributed by atoms with E-state index in [9.17, 15) is 9.59 Å². The van der Waals surface area contributed by atoms with Gasteiger partial charge in [0.1, 0.15) is 11.1 Å². The van der Waals surface area contributed by atoms with Crippen LogP contribution in [0.3, 0.4) is 0 Å². The van der Waals surface area contributed by atoms with Gasteiger partial charge in [0.2, 0.25) is 0 Å². The van der Waals surface area contributed by atoms with Crippen LogP contribution in [0.15, 0.2) is 70.1 Å². The maximum absolute atomic E-state index is 12.7. The van der Waals surface area contributed by atoms with Crippen LogP contribution >= 0.6 is 0 Å². The van der Waals surface area contributed by atoms with Crippen molar-refractivity contribution in [3.05, 3.63) is 82.6 Å². The number of aromatic nitrogens is 3. The summed E-state index contributed by atoms with van der Waals surface area (Å²) in [5.41, 5.74) is 2.61. The highest BCUT2D eigenvalue weighted by Gasteiger charge is 2.22. The van der Waals surface area contributed by atoms with Crippen molar-refractivity contribution in [3.8, 4) is 11.3 Å². The minimum Gasteiger partial charge on any atom is -0.422 e. The molecule has 3 aromatic heterocycles. The first-order valence-corrected chi connectivity index (χ1v) is 10.5. The Hall–Kier alpha value is -3.74. The van der Waals surface area contributed by atoms with Gasteiger partial charge in [0.25, 0.3) is 5.91 Å². The number of amides is 1. The van der Waals surface area contributed by atoms with Crippen LogP contribution in [-0.4, -0.2) is 20.7 Å². The Kier molecular flexibility index (Phi) is 5.08. The number of hydrogen-bond donors (Lipinski definition) is 1. The van der Waals surface area contributed by atoms with Crippen molar-refractivity contribution in [2.75, 3.05) is 0 Å². The van der Waals surface area contributed by atoms with Crippen LogP contribution in [-0.2, 0) is 6.54 Å². The summed E-state index contributed by atoms with van der Waals surface area (Å²) in [5, 5.41) is 8.31. The fourth-order valence-electron chi connectivity index (χ4n) is 4.18. The molecule has 1 aliphatic carbocycles. The van der Waals surface area contributed by atoms with Crippen LogP contribution in [0.5, 0.6) is 0 Å². The quantitative estimate of drug-likeness (QED) is 0.497. The molecular weight excluding hydrogens is 392 g/mol. The van der Waals surface area contributed by atoms with E-state index in [0.717, 1.165) is 29.8 Å². The fraction of sp³-hybridized carbons (Fsp3) is 0.250. The zero-order valence-corrected chi connectivity index (χ0v) is 17.0. The van der Waals surface area contributed by atoms with E-state index in [1.54, 1.807) is 36.7 Å². The molecule has 1 saturated carbocycles. The molecule has 1 aromatic carbocycles. The third-order valence-corrected chi connectivity index (χ3v) is 5.75. The maximum Gasteiger partial charge on any atom is 0.349 e. The topological polar surface area (TPSA) is 90.0 Å². The molecule has 0 spiro atoms. The van der Waals surface area contributed by atoms with Gasteiger partial charge in [-0.3, -0.25) is 14.5 Å². The molecule has 4 aromatic rings. The first kappa shape index (κ1) is 19.2. The number of nitrogens with zero attached hydrogens (tertiary/aromatic N) is 3. The molecule has 1 aliphatic rings. The average molecular weight is 414 g/mol. The van der Waals surface area contributed by atoms with Crippen LogP contribution in [0.4, 0.5) is 0 Å². The van der Waals surface area contributed by atoms with E-state index in [0.29, 0.717) is 17.0 Å². The highest BCUT2D eigenvalue weighted by atomic mass is 16.4. The van der Waals surface area contributed by atoms with Gasteiger partial charge in [0.15, 0.2) is 0 Å². The molecule has 1 N–H and O–H groups in total. The Labute approximate surface area is 178 Å². The highest BCUT2D eigenvalue weighted by molar-refractivity contribution is 5.96. The summed E-state index contributed by atoms with van der Waals surface area (Å²) in [4.78, 5) is 29.0. The second kappa shape index (κ2) is 8.18. The first-order valence-electron chi connectivity index (χ1n) is 10.5. The Morgan fingerprint density at radius 1 is 1.10 bits per heavy atom. The number of carbonyl (C=O) groups is 1. The van der Waals surface area contributed by atoms with Gasteiger partial charge < -0.3 is 9.73 Å². The predicted molar refractivity (Wildman–Crippen MR) is 117 cm³/mol. The maximum atomic E-state index is 12.7. The summed E-state index contributed by atoms with van der Waals surface area (Å²) in [6.07, 6.45) is 8.13. The third-order valence-electron chi connectivity index (χ3n) is 5.75. The van der Waals surface area contributed by atoms with Gasteiger partial charge in [-0.25, -0.2) is 4.79 Å². The zero-order valence-electron chi connectivity index (χ0n) is 17.0. The molecule has 1 fully saturated rings. The number of nitrogens with one attached hydrogen (secondary N) is 1. The van der Waals surface area contributed by atoms with E-state index in [-0.39, 0.29) is 12.1 Å². The van der Waals surface area contributed by atoms with Crippen LogP contribution in [0, 0.1) is 0 Å². The third kappa shape index (κ3) is 3.86. The standard InChI is InChI=1S/C24H22N4O3/c29-23(20-13-17-5-1-4-8-22(17)31-24(20)30)26-15-18-14-21(16-9-11-25-12-10-16)28(27-18)19-6-2-3-7-19/h1,4-5,8-14,19H,2-3,6-7,15H2,(H,26,29). The number of hydrogen-bond acceptors (Lipinski definition) is 5. The van der Waals surface area contributed by atoms with E-state index in [2.05, 4.69) is 15.0 Å². The lowest BCUT2D eigenvalue weighted by molar-refractivity contribution is 0.0947. The van der Waals surface area contributed by atoms with Crippen molar-refractivity contribution in [2.24, 2.45) is 0 Å². The Morgan fingerprint density at radius 2 is 1.87 bits per heavy atom. The molecular formula is C24H22N4O3. The van der Waals surface area contributed by atoms with Crippen LogP contribution in [0.1, 0.15) is 47.8 Å². The minimum atomic E-state index is -0.648. The predicted octanol–water partition coefficient (Wildman–Crippen LogP) is 4.10. The summed E-state index contributed by atoms with van der Waals surface area (Å²) in [5.74, 6) is -0.472. The number of carbonyl (C=O) groups excluding carboxylic acids is 1. The van der Waals surface area contributed by atoms with Gasteiger partial charge in [0, 0.05) is 23.3 Å². The molecule has 0 radical (unpaired) electrons. The lowest BCUT2D eigenvalue weighted by Gasteiger charge is -2.14. The zero-order chi connectivity index (χ0) is 21.2. The normalized spacial score (nSPS) is 14.2. The van der Waals surface area contributed by atoms with Gasteiger partial charge in [-0.05, 0) is 43.2 Å². The summed E-state index contributed by atoms with van der Waals surface area (Å²) in [6, 6.07) is 15.0. The molecule has 3 heterocycles. The molecule has 7 heteroatoms. The molecule has 0 aliphatic heterocycles. The number of benzene rings is 1. The molecule has 1 amide bonds.